The molecule has 0 saturated carbocycles. The number of amides is 1. The quantitative estimate of drug-likeness (QED) is 0.799. The third kappa shape index (κ3) is 3.16. The van der Waals surface area contributed by atoms with Crippen LogP contribution in [0.2, 0.25) is 0 Å². The highest BCUT2D eigenvalue weighted by atomic mass is 35.5. The minimum absolute atomic E-state index is 0.156. The van der Waals surface area contributed by atoms with E-state index in [4.69, 9.17) is 11.6 Å². The van der Waals surface area contributed by atoms with Crippen molar-refractivity contribution in [3.8, 4) is 0 Å². The van der Waals surface area contributed by atoms with Crippen LogP contribution in [0.3, 0.4) is 0 Å². The highest BCUT2D eigenvalue weighted by molar-refractivity contribution is 6.21. The van der Waals surface area contributed by atoms with E-state index in [1.54, 1.807) is 6.07 Å². The first-order chi connectivity index (χ1) is 6.93. The maximum Gasteiger partial charge on any atom is 0.253 e. The van der Waals surface area contributed by atoms with Gasteiger partial charge in [0.05, 0.1) is 28.9 Å². The first-order valence-electron chi connectivity index (χ1n) is 4.67. The molecule has 0 aromatic carbocycles. The molecule has 1 aromatic rings. The molecule has 15 heavy (non-hydrogen) atoms. The Bertz CT molecular complexity index is 338. The van der Waals surface area contributed by atoms with Gasteiger partial charge in [0.1, 0.15) is 0 Å². The zero-order valence-electron chi connectivity index (χ0n) is 8.99. The van der Waals surface area contributed by atoms with Crippen molar-refractivity contribution in [1.82, 2.24) is 15.5 Å². The van der Waals surface area contributed by atoms with Crippen LogP contribution in [0.4, 0.5) is 0 Å². The molecule has 1 atom stereocenters. The summed E-state index contributed by atoms with van der Waals surface area (Å²) in [6.45, 7) is 5.58. The predicted molar refractivity (Wildman–Crippen MR) is 58.9 cm³/mol. The highest BCUT2D eigenvalue weighted by Crippen LogP contribution is 2.15. The molecule has 0 saturated heterocycles. The molecule has 1 aromatic heterocycles. The Morgan fingerprint density at radius 3 is 2.67 bits per heavy atom. The van der Waals surface area contributed by atoms with Gasteiger partial charge in [-0.25, -0.2) is 0 Å². The van der Waals surface area contributed by atoms with Gasteiger partial charge in [0, 0.05) is 0 Å². The van der Waals surface area contributed by atoms with Gasteiger partial charge in [-0.05, 0) is 26.8 Å². The third-order valence-corrected chi connectivity index (χ3v) is 2.82. The lowest BCUT2D eigenvalue weighted by Gasteiger charge is -2.28. The van der Waals surface area contributed by atoms with E-state index in [0.29, 0.717) is 5.56 Å². The fourth-order valence-corrected chi connectivity index (χ4v) is 0.944. The van der Waals surface area contributed by atoms with Crippen LogP contribution in [0.5, 0.6) is 0 Å². The fourth-order valence-electron chi connectivity index (χ4n) is 0.889. The molecule has 0 aliphatic heterocycles. The van der Waals surface area contributed by atoms with Crippen molar-refractivity contribution < 1.29 is 4.79 Å². The van der Waals surface area contributed by atoms with Crippen LogP contribution in [-0.2, 0) is 0 Å². The lowest BCUT2D eigenvalue weighted by molar-refractivity contribution is 0.0912. The Balaban J connectivity index is 2.73. The van der Waals surface area contributed by atoms with E-state index in [1.165, 1.54) is 12.4 Å². The summed E-state index contributed by atoms with van der Waals surface area (Å²) in [6, 6.07) is 1.61. The standard InChI is InChI=1S/C10H14ClN3O/c1-7(11)10(2,3)14-9(15)8-4-5-12-13-6-8/h4-7H,1-3H3,(H,14,15). The van der Waals surface area contributed by atoms with E-state index in [-0.39, 0.29) is 11.3 Å². The first-order valence-corrected chi connectivity index (χ1v) is 5.10. The minimum atomic E-state index is -0.456. The van der Waals surface area contributed by atoms with Crippen LogP contribution in [0, 0.1) is 0 Å². The van der Waals surface area contributed by atoms with Crippen molar-refractivity contribution in [1.29, 1.82) is 0 Å². The summed E-state index contributed by atoms with van der Waals surface area (Å²) >= 11 is 5.96. The van der Waals surface area contributed by atoms with Crippen LogP contribution >= 0.6 is 11.6 Å². The molecule has 1 N–H and O–H groups in total. The van der Waals surface area contributed by atoms with E-state index < -0.39 is 5.54 Å². The molecule has 1 unspecified atom stereocenters. The Hall–Kier alpha value is -1.16. The molecule has 1 amide bonds. The maximum absolute atomic E-state index is 11.7. The summed E-state index contributed by atoms with van der Waals surface area (Å²) in [6.07, 6.45) is 2.90. The number of aromatic nitrogens is 2. The van der Waals surface area contributed by atoms with Crippen molar-refractivity contribution in [3.05, 3.63) is 24.0 Å². The number of hydrogen-bond acceptors (Lipinski definition) is 3. The summed E-state index contributed by atoms with van der Waals surface area (Å²) in [5.41, 5.74) is 0.0254. The summed E-state index contributed by atoms with van der Waals surface area (Å²) in [7, 11) is 0. The van der Waals surface area contributed by atoms with Gasteiger partial charge in [-0.15, -0.1) is 11.6 Å². The first kappa shape index (κ1) is 11.9. The zero-order valence-corrected chi connectivity index (χ0v) is 9.75. The number of nitrogens with zero attached hydrogens (tertiary/aromatic N) is 2. The van der Waals surface area contributed by atoms with E-state index >= 15 is 0 Å². The number of nitrogens with one attached hydrogen (secondary N) is 1. The SMILES string of the molecule is CC(Cl)C(C)(C)NC(=O)c1ccnnc1. The number of rotatable bonds is 3. The number of alkyl halides is 1. The molecule has 0 radical (unpaired) electrons. The Labute approximate surface area is 94.0 Å². The molecule has 4 nitrogen and oxygen atoms in total. The monoisotopic (exact) mass is 227 g/mol. The highest BCUT2D eigenvalue weighted by Gasteiger charge is 2.26. The Morgan fingerprint density at radius 2 is 2.20 bits per heavy atom. The largest absolute Gasteiger partial charge is 0.346 e. The summed E-state index contributed by atoms with van der Waals surface area (Å²) in [5.74, 6) is -0.192. The van der Waals surface area contributed by atoms with Gasteiger partial charge in [-0.2, -0.15) is 10.2 Å². The fraction of sp³-hybridized carbons (Fsp3) is 0.500. The molecule has 82 valence electrons. The third-order valence-electron chi connectivity index (χ3n) is 2.28. The summed E-state index contributed by atoms with van der Waals surface area (Å²) < 4.78 is 0. The topological polar surface area (TPSA) is 54.9 Å². The molecular weight excluding hydrogens is 214 g/mol. The lowest BCUT2D eigenvalue weighted by Crippen LogP contribution is -2.49. The normalized spacial score (nSPS) is 13.3. The van der Waals surface area contributed by atoms with Crippen molar-refractivity contribution in [2.45, 2.75) is 31.7 Å². The van der Waals surface area contributed by atoms with Crippen LogP contribution in [0.1, 0.15) is 31.1 Å². The maximum atomic E-state index is 11.7. The lowest BCUT2D eigenvalue weighted by atomic mass is 10.0. The molecule has 1 rings (SSSR count). The summed E-state index contributed by atoms with van der Waals surface area (Å²) in [4.78, 5) is 11.7. The van der Waals surface area contributed by atoms with E-state index in [1.807, 2.05) is 20.8 Å². The van der Waals surface area contributed by atoms with Gasteiger partial charge in [0.2, 0.25) is 0 Å². The average Bonchev–Trinajstić information content (AvgIpc) is 2.18. The Kier molecular flexibility index (Phi) is 3.63. The second kappa shape index (κ2) is 4.57. The van der Waals surface area contributed by atoms with Gasteiger partial charge in [-0.3, -0.25) is 4.79 Å². The van der Waals surface area contributed by atoms with E-state index in [9.17, 15) is 4.79 Å². The van der Waals surface area contributed by atoms with Crippen molar-refractivity contribution in [3.63, 3.8) is 0 Å². The van der Waals surface area contributed by atoms with Crippen LogP contribution in [-0.4, -0.2) is 27.0 Å². The van der Waals surface area contributed by atoms with Crippen molar-refractivity contribution >= 4 is 17.5 Å². The zero-order chi connectivity index (χ0) is 11.5. The van der Waals surface area contributed by atoms with Crippen molar-refractivity contribution in [2.75, 3.05) is 0 Å². The van der Waals surface area contributed by atoms with Crippen LogP contribution < -0.4 is 5.32 Å². The molecule has 0 fully saturated rings. The Morgan fingerprint density at radius 1 is 1.53 bits per heavy atom. The predicted octanol–water partition coefficient (Wildman–Crippen LogP) is 1.61. The molecule has 1 heterocycles. The van der Waals surface area contributed by atoms with Gasteiger partial charge >= 0.3 is 0 Å². The second-order valence-corrected chi connectivity index (χ2v) is 4.58. The van der Waals surface area contributed by atoms with E-state index in [0.717, 1.165) is 0 Å². The van der Waals surface area contributed by atoms with Crippen LogP contribution in [0.15, 0.2) is 18.5 Å². The molecule has 0 aliphatic rings. The van der Waals surface area contributed by atoms with Gasteiger partial charge in [0.25, 0.3) is 5.91 Å². The van der Waals surface area contributed by atoms with Gasteiger partial charge in [0.15, 0.2) is 0 Å². The molecule has 0 spiro atoms. The summed E-state index contributed by atoms with van der Waals surface area (Å²) in [5, 5.41) is 9.92. The molecular formula is C10H14ClN3O. The average molecular weight is 228 g/mol. The van der Waals surface area contributed by atoms with Crippen molar-refractivity contribution in [2.24, 2.45) is 0 Å². The number of halogens is 1. The number of carbonyl (C=O) groups excluding carboxylic acids is 1. The van der Waals surface area contributed by atoms with E-state index in [2.05, 4.69) is 15.5 Å². The van der Waals surface area contributed by atoms with Gasteiger partial charge in [-0.1, -0.05) is 0 Å². The molecule has 5 heteroatoms. The second-order valence-electron chi connectivity index (χ2n) is 3.92. The van der Waals surface area contributed by atoms with Crippen LogP contribution in [0.25, 0.3) is 0 Å². The number of hydrogen-bond donors (Lipinski definition) is 1. The smallest absolute Gasteiger partial charge is 0.253 e. The molecule has 0 bridgehead atoms. The molecule has 0 aliphatic carbocycles. The minimum Gasteiger partial charge on any atom is -0.346 e. The number of carbonyl (C=O) groups is 1. The van der Waals surface area contributed by atoms with Gasteiger partial charge < -0.3 is 5.32 Å².